The van der Waals surface area contributed by atoms with Crippen LogP contribution < -0.4 is 14.2 Å². The Morgan fingerprint density at radius 2 is 1.52 bits per heavy atom. The molecule has 2 atom stereocenters. The second-order valence-corrected chi connectivity index (χ2v) is 9.13. The van der Waals surface area contributed by atoms with Gasteiger partial charge in [0.15, 0.2) is 11.5 Å². The van der Waals surface area contributed by atoms with Gasteiger partial charge >= 0.3 is 5.97 Å². The minimum Gasteiger partial charge on any atom is -0.487 e. The number of aliphatic hydroxyl groups excluding tert-OH is 1. The van der Waals surface area contributed by atoms with Crippen LogP contribution >= 0.6 is 0 Å². The lowest BCUT2D eigenvalue weighted by Gasteiger charge is -2.24. The quantitative estimate of drug-likeness (QED) is 0.534. The van der Waals surface area contributed by atoms with E-state index in [4.69, 9.17) is 14.2 Å². The Labute approximate surface area is 183 Å². The number of aliphatic hydroxyl groups is 1. The van der Waals surface area contributed by atoms with E-state index in [1.54, 1.807) is 30.3 Å². The highest BCUT2D eigenvalue weighted by molar-refractivity contribution is 7.89. The Morgan fingerprint density at radius 1 is 0.935 bits per heavy atom. The molecular weight excluding hydrogens is 422 g/mol. The molecule has 0 saturated heterocycles. The van der Waals surface area contributed by atoms with Crippen LogP contribution in [0.25, 0.3) is 0 Å². The van der Waals surface area contributed by atoms with Gasteiger partial charge in [0.25, 0.3) is 0 Å². The van der Waals surface area contributed by atoms with Crippen LogP contribution in [-0.4, -0.2) is 44.9 Å². The smallest absolute Gasteiger partial charge is 0.326 e. The van der Waals surface area contributed by atoms with E-state index in [0.717, 1.165) is 7.11 Å². The summed E-state index contributed by atoms with van der Waals surface area (Å²) in [5.74, 6) is -0.0882. The molecule has 0 amide bonds. The van der Waals surface area contributed by atoms with Crippen LogP contribution in [0.4, 0.5) is 0 Å². The first-order chi connectivity index (χ1) is 14.5. The van der Waals surface area contributed by atoms with Crippen molar-refractivity contribution < 1.29 is 32.5 Å². The van der Waals surface area contributed by atoms with Gasteiger partial charge in [0, 0.05) is 0 Å². The highest BCUT2D eigenvalue weighted by Crippen LogP contribution is 2.33. The number of hydrogen-bond acceptors (Lipinski definition) is 7. The third-order valence-electron chi connectivity index (χ3n) is 4.14. The van der Waals surface area contributed by atoms with Crippen molar-refractivity contribution in [2.45, 2.75) is 56.9 Å². The monoisotopic (exact) mass is 451 g/mol. The Bertz CT molecular complexity index is 975. The number of rotatable bonds is 10. The molecule has 9 heteroatoms. The molecule has 0 saturated carbocycles. The van der Waals surface area contributed by atoms with Crippen molar-refractivity contribution in [3.8, 4) is 11.5 Å². The standard InChI is InChI=1S/C22H29NO7S/c1-14(2)29-18-12-11-16(13-19(18)30-15(3)4)21(24)20(22(25)28-5)23-31(26,27)17-9-7-6-8-10-17/h6-15,20-21,23-24H,1-5H3. The van der Waals surface area contributed by atoms with Crippen molar-refractivity contribution in [2.75, 3.05) is 7.11 Å². The first-order valence-electron chi connectivity index (χ1n) is 9.85. The molecule has 2 N–H and O–H groups in total. The number of carbonyl (C=O) groups excluding carboxylic acids is 1. The van der Waals surface area contributed by atoms with Crippen molar-refractivity contribution in [3.63, 3.8) is 0 Å². The summed E-state index contributed by atoms with van der Waals surface area (Å²) >= 11 is 0. The van der Waals surface area contributed by atoms with E-state index < -0.39 is 28.1 Å². The number of sulfonamides is 1. The van der Waals surface area contributed by atoms with Crippen molar-refractivity contribution in [1.82, 2.24) is 4.72 Å². The van der Waals surface area contributed by atoms with Crippen molar-refractivity contribution in [2.24, 2.45) is 0 Å². The van der Waals surface area contributed by atoms with Crippen LogP contribution in [0.1, 0.15) is 39.4 Å². The molecule has 2 unspecified atom stereocenters. The number of carbonyl (C=O) groups is 1. The molecule has 0 aliphatic rings. The molecule has 0 heterocycles. The summed E-state index contributed by atoms with van der Waals surface area (Å²) in [4.78, 5) is 12.3. The van der Waals surface area contributed by atoms with E-state index in [9.17, 15) is 18.3 Å². The third-order valence-corrected chi connectivity index (χ3v) is 5.60. The lowest BCUT2D eigenvalue weighted by molar-refractivity contribution is -0.145. The number of hydrogen-bond donors (Lipinski definition) is 2. The van der Waals surface area contributed by atoms with Crippen LogP contribution in [0.5, 0.6) is 11.5 Å². The molecule has 0 aliphatic carbocycles. The fourth-order valence-electron chi connectivity index (χ4n) is 2.80. The summed E-state index contributed by atoms with van der Waals surface area (Å²) in [6.07, 6.45) is -1.81. The molecule has 8 nitrogen and oxygen atoms in total. The zero-order chi connectivity index (χ0) is 23.2. The largest absolute Gasteiger partial charge is 0.487 e. The van der Waals surface area contributed by atoms with Crippen LogP contribution in [-0.2, 0) is 19.6 Å². The average molecular weight is 452 g/mol. The maximum absolute atomic E-state index is 12.7. The van der Waals surface area contributed by atoms with E-state index in [1.807, 2.05) is 27.7 Å². The summed E-state index contributed by atoms with van der Waals surface area (Å²) in [7, 11) is -2.97. The number of esters is 1. The van der Waals surface area contributed by atoms with Gasteiger partial charge in [0.2, 0.25) is 10.0 Å². The van der Waals surface area contributed by atoms with Crippen LogP contribution in [0, 0.1) is 0 Å². The molecule has 2 aromatic rings. The maximum atomic E-state index is 12.7. The minimum absolute atomic E-state index is 0.0411. The topological polar surface area (TPSA) is 111 Å². The summed E-state index contributed by atoms with van der Waals surface area (Å²) in [6.45, 7) is 7.42. The summed E-state index contributed by atoms with van der Waals surface area (Å²) in [5.41, 5.74) is 0.262. The minimum atomic E-state index is -4.09. The van der Waals surface area contributed by atoms with Gasteiger partial charge < -0.3 is 19.3 Å². The molecule has 0 radical (unpaired) electrons. The van der Waals surface area contributed by atoms with Crippen LogP contribution in [0.2, 0.25) is 0 Å². The number of nitrogens with one attached hydrogen (secondary N) is 1. The van der Waals surface area contributed by atoms with Crippen molar-refractivity contribution in [3.05, 3.63) is 54.1 Å². The second-order valence-electron chi connectivity index (χ2n) is 7.42. The molecule has 0 fully saturated rings. The van der Waals surface area contributed by atoms with E-state index in [0.29, 0.717) is 11.5 Å². The lowest BCUT2D eigenvalue weighted by atomic mass is 10.0. The van der Waals surface area contributed by atoms with E-state index in [1.165, 1.54) is 18.2 Å². The predicted molar refractivity (Wildman–Crippen MR) is 115 cm³/mol. The molecule has 0 aliphatic heterocycles. The number of benzene rings is 2. The molecule has 170 valence electrons. The molecule has 0 spiro atoms. The first-order valence-corrected chi connectivity index (χ1v) is 11.3. The number of ether oxygens (including phenoxy) is 3. The van der Waals surface area contributed by atoms with Crippen LogP contribution in [0.3, 0.4) is 0 Å². The fourth-order valence-corrected chi connectivity index (χ4v) is 4.01. The van der Waals surface area contributed by atoms with Gasteiger partial charge in [0.05, 0.1) is 24.2 Å². The SMILES string of the molecule is COC(=O)C(NS(=O)(=O)c1ccccc1)C(O)c1ccc(OC(C)C)c(OC(C)C)c1. The second kappa shape index (κ2) is 10.6. The van der Waals surface area contributed by atoms with Crippen LogP contribution in [0.15, 0.2) is 53.4 Å². The predicted octanol–water partition coefficient (Wildman–Crippen LogP) is 2.81. The fraction of sp³-hybridized carbons (Fsp3) is 0.409. The molecule has 0 bridgehead atoms. The van der Waals surface area contributed by atoms with Gasteiger partial charge in [-0.15, -0.1) is 0 Å². The lowest BCUT2D eigenvalue weighted by Crippen LogP contribution is -2.45. The average Bonchev–Trinajstić information content (AvgIpc) is 2.72. The Balaban J connectivity index is 2.40. The normalized spacial score (nSPS) is 13.7. The van der Waals surface area contributed by atoms with Crippen molar-refractivity contribution in [1.29, 1.82) is 0 Å². The zero-order valence-corrected chi connectivity index (χ0v) is 19.0. The molecule has 2 rings (SSSR count). The van der Waals surface area contributed by atoms with Gasteiger partial charge in [-0.2, -0.15) is 4.72 Å². The summed E-state index contributed by atoms with van der Waals surface area (Å²) in [5, 5.41) is 10.9. The van der Waals surface area contributed by atoms with Gasteiger partial charge in [0.1, 0.15) is 12.1 Å². The van der Waals surface area contributed by atoms with Gasteiger partial charge in [-0.05, 0) is 57.5 Å². The van der Waals surface area contributed by atoms with Gasteiger partial charge in [-0.25, -0.2) is 8.42 Å². The maximum Gasteiger partial charge on any atom is 0.326 e. The Morgan fingerprint density at radius 3 is 2.06 bits per heavy atom. The first kappa shape index (κ1) is 24.6. The number of methoxy groups -OCH3 is 1. The van der Waals surface area contributed by atoms with E-state index >= 15 is 0 Å². The molecular formula is C22H29NO7S. The zero-order valence-electron chi connectivity index (χ0n) is 18.2. The highest BCUT2D eigenvalue weighted by atomic mass is 32.2. The molecule has 31 heavy (non-hydrogen) atoms. The molecule has 0 aromatic heterocycles. The third kappa shape index (κ3) is 6.68. The molecule has 2 aromatic carbocycles. The summed E-state index contributed by atoms with van der Waals surface area (Å²) in [6, 6.07) is 10.7. The highest BCUT2D eigenvalue weighted by Gasteiger charge is 2.34. The Hall–Kier alpha value is -2.62. The van der Waals surface area contributed by atoms with Gasteiger partial charge in [-0.1, -0.05) is 24.3 Å². The van der Waals surface area contributed by atoms with E-state index in [-0.39, 0.29) is 22.7 Å². The van der Waals surface area contributed by atoms with Crippen molar-refractivity contribution >= 4 is 16.0 Å². The van der Waals surface area contributed by atoms with Gasteiger partial charge in [-0.3, -0.25) is 4.79 Å². The van der Waals surface area contributed by atoms with E-state index in [2.05, 4.69) is 4.72 Å². The summed E-state index contributed by atoms with van der Waals surface area (Å²) < 4.78 is 43.9. The Kier molecular flexibility index (Phi) is 8.43.